The maximum atomic E-state index is 13.8. The first-order chi connectivity index (χ1) is 9.13. The van der Waals surface area contributed by atoms with Crippen LogP contribution < -0.4 is 5.32 Å². The number of hydrogen-bond donors (Lipinski definition) is 1. The van der Waals surface area contributed by atoms with Crippen molar-refractivity contribution in [2.45, 2.75) is 6.92 Å². The molecule has 102 valence electrons. The van der Waals surface area contributed by atoms with E-state index < -0.39 is 11.6 Å². The number of aromatic nitrogens is 2. The van der Waals surface area contributed by atoms with Crippen LogP contribution in [0.25, 0.3) is 5.69 Å². The average molecular weight is 267 g/mol. The van der Waals surface area contributed by atoms with Crippen molar-refractivity contribution in [2.75, 3.05) is 25.6 Å². The number of hydrogen-bond acceptors (Lipinski definition) is 3. The number of rotatable bonds is 5. The lowest BCUT2D eigenvalue weighted by molar-refractivity contribution is 0.210. The first-order valence-corrected chi connectivity index (χ1v) is 5.86. The molecule has 1 aromatic carbocycles. The molecule has 6 heteroatoms. The highest BCUT2D eigenvalue weighted by Gasteiger charge is 2.13. The number of nitrogens with one attached hydrogen (secondary N) is 1. The fourth-order valence-corrected chi connectivity index (χ4v) is 1.75. The highest BCUT2D eigenvalue weighted by molar-refractivity contribution is 5.44. The van der Waals surface area contributed by atoms with Crippen LogP contribution >= 0.6 is 0 Å². The highest BCUT2D eigenvalue weighted by atomic mass is 19.2. The van der Waals surface area contributed by atoms with Crippen LogP contribution in [0.2, 0.25) is 0 Å². The van der Waals surface area contributed by atoms with Gasteiger partial charge in [0, 0.05) is 19.9 Å². The van der Waals surface area contributed by atoms with E-state index in [0.717, 1.165) is 6.07 Å². The fraction of sp³-hybridized carbons (Fsp3) is 0.308. The molecule has 0 saturated carbocycles. The Morgan fingerprint density at radius 1 is 1.37 bits per heavy atom. The number of aryl methyl sites for hydroxylation is 1. The second kappa shape index (κ2) is 5.79. The van der Waals surface area contributed by atoms with Crippen LogP contribution in [-0.2, 0) is 4.74 Å². The van der Waals surface area contributed by atoms with Crippen LogP contribution in [0.1, 0.15) is 5.69 Å². The van der Waals surface area contributed by atoms with Crippen LogP contribution in [0.3, 0.4) is 0 Å². The molecule has 2 rings (SSSR count). The third-order valence-corrected chi connectivity index (χ3v) is 2.61. The number of halogens is 2. The maximum absolute atomic E-state index is 13.8. The first-order valence-electron chi connectivity index (χ1n) is 5.86. The van der Waals surface area contributed by atoms with Gasteiger partial charge in [-0.2, -0.15) is 0 Å². The SMILES string of the molecule is COCCNc1nc(C)cn1-c1cccc(F)c1F. The van der Waals surface area contributed by atoms with Crippen molar-refractivity contribution in [3.63, 3.8) is 0 Å². The van der Waals surface area contributed by atoms with Crippen molar-refractivity contribution in [1.82, 2.24) is 9.55 Å². The Bertz CT molecular complexity index is 569. The van der Waals surface area contributed by atoms with Crippen molar-refractivity contribution in [3.05, 3.63) is 41.7 Å². The van der Waals surface area contributed by atoms with E-state index in [1.165, 1.54) is 16.7 Å². The molecule has 0 fully saturated rings. The lowest BCUT2D eigenvalue weighted by Crippen LogP contribution is -2.12. The van der Waals surface area contributed by atoms with Gasteiger partial charge in [0.05, 0.1) is 18.0 Å². The summed E-state index contributed by atoms with van der Waals surface area (Å²) in [5, 5.41) is 3.02. The molecule has 0 unspecified atom stereocenters. The van der Waals surface area contributed by atoms with Crippen LogP contribution in [0.15, 0.2) is 24.4 Å². The smallest absolute Gasteiger partial charge is 0.207 e. The van der Waals surface area contributed by atoms with E-state index >= 15 is 0 Å². The molecule has 19 heavy (non-hydrogen) atoms. The summed E-state index contributed by atoms with van der Waals surface area (Å²) in [5.41, 5.74) is 0.837. The predicted octanol–water partition coefficient (Wildman–Crippen LogP) is 2.52. The van der Waals surface area contributed by atoms with Gasteiger partial charge in [0.25, 0.3) is 0 Å². The minimum atomic E-state index is -0.894. The Balaban J connectivity index is 2.35. The molecule has 0 aliphatic rings. The summed E-state index contributed by atoms with van der Waals surface area (Å²) in [6.07, 6.45) is 1.65. The molecule has 2 aromatic rings. The summed E-state index contributed by atoms with van der Waals surface area (Å²) >= 11 is 0. The number of anilines is 1. The van der Waals surface area contributed by atoms with Gasteiger partial charge in [-0.05, 0) is 19.1 Å². The van der Waals surface area contributed by atoms with Crippen LogP contribution in [0.4, 0.5) is 14.7 Å². The highest BCUT2D eigenvalue weighted by Crippen LogP contribution is 2.21. The lowest BCUT2D eigenvalue weighted by Gasteiger charge is -2.10. The Morgan fingerprint density at radius 2 is 2.16 bits per heavy atom. The molecule has 0 spiro atoms. The molecule has 0 atom stereocenters. The molecule has 1 aromatic heterocycles. The van der Waals surface area contributed by atoms with E-state index in [1.54, 1.807) is 20.2 Å². The standard InChI is InChI=1S/C13H15F2N3O/c1-9-8-18(13(17-9)16-6-7-19-2)11-5-3-4-10(14)12(11)15/h3-5,8H,6-7H2,1-2H3,(H,16,17). The monoisotopic (exact) mass is 267 g/mol. The van der Waals surface area contributed by atoms with E-state index in [4.69, 9.17) is 4.74 Å². The molecule has 0 bridgehead atoms. The van der Waals surface area contributed by atoms with E-state index in [-0.39, 0.29) is 5.69 Å². The maximum Gasteiger partial charge on any atom is 0.207 e. The zero-order valence-corrected chi connectivity index (χ0v) is 10.8. The summed E-state index contributed by atoms with van der Waals surface area (Å²) in [6, 6.07) is 4.05. The Labute approximate surface area is 110 Å². The van der Waals surface area contributed by atoms with Gasteiger partial charge in [-0.3, -0.25) is 4.57 Å². The molecule has 1 N–H and O–H groups in total. The predicted molar refractivity (Wildman–Crippen MR) is 68.6 cm³/mol. The summed E-state index contributed by atoms with van der Waals surface area (Å²) in [7, 11) is 1.59. The number of nitrogens with zero attached hydrogens (tertiary/aromatic N) is 2. The van der Waals surface area contributed by atoms with Gasteiger partial charge < -0.3 is 10.1 Å². The molecule has 1 heterocycles. The number of imidazole rings is 1. The van der Waals surface area contributed by atoms with E-state index in [2.05, 4.69) is 10.3 Å². The second-order valence-electron chi connectivity index (χ2n) is 4.07. The van der Waals surface area contributed by atoms with Crippen molar-refractivity contribution in [2.24, 2.45) is 0 Å². The number of ether oxygens (including phenoxy) is 1. The minimum Gasteiger partial charge on any atom is -0.383 e. The molecule has 0 aliphatic carbocycles. The average Bonchev–Trinajstić information content (AvgIpc) is 2.74. The van der Waals surface area contributed by atoms with Crippen LogP contribution in [0, 0.1) is 18.6 Å². The van der Waals surface area contributed by atoms with Gasteiger partial charge in [-0.15, -0.1) is 0 Å². The summed E-state index contributed by atoms with van der Waals surface area (Å²) in [5.74, 6) is -1.32. The van der Waals surface area contributed by atoms with Crippen molar-refractivity contribution >= 4 is 5.95 Å². The van der Waals surface area contributed by atoms with Gasteiger partial charge in [-0.1, -0.05) is 6.07 Å². The Kier molecular flexibility index (Phi) is 4.11. The summed E-state index contributed by atoms with van der Waals surface area (Å²) in [4.78, 5) is 4.24. The van der Waals surface area contributed by atoms with Gasteiger partial charge in [0.15, 0.2) is 11.6 Å². The molecule has 0 radical (unpaired) electrons. The van der Waals surface area contributed by atoms with E-state index in [1.807, 2.05) is 0 Å². The Morgan fingerprint density at radius 3 is 2.89 bits per heavy atom. The normalized spacial score (nSPS) is 10.7. The Hall–Kier alpha value is -1.95. The zero-order valence-electron chi connectivity index (χ0n) is 10.8. The number of methoxy groups -OCH3 is 1. The van der Waals surface area contributed by atoms with Crippen molar-refractivity contribution in [1.29, 1.82) is 0 Å². The number of benzene rings is 1. The van der Waals surface area contributed by atoms with Crippen molar-refractivity contribution < 1.29 is 13.5 Å². The molecular weight excluding hydrogens is 252 g/mol. The second-order valence-corrected chi connectivity index (χ2v) is 4.07. The zero-order chi connectivity index (χ0) is 13.8. The lowest BCUT2D eigenvalue weighted by atomic mass is 10.3. The quantitative estimate of drug-likeness (QED) is 0.846. The minimum absolute atomic E-state index is 0.125. The molecule has 0 amide bonds. The summed E-state index contributed by atoms with van der Waals surface area (Å²) in [6.45, 7) is 2.82. The van der Waals surface area contributed by atoms with E-state index in [0.29, 0.717) is 24.8 Å². The molecule has 4 nitrogen and oxygen atoms in total. The third-order valence-electron chi connectivity index (χ3n) is 2.61. The van der Waals surface area contributed by atoms with E-state index in [9.17, 15) is 8.78 Å². The fourth-order valence-electron chi connectivity index (χ4n) is 1.75. The first kappa shape index (κ1) is 13.5. The molecule has 0 saturated heterocycles. The largest absolute Gasteiger partial charge is 0.383 e. The molecule has 0 aliphatic heterocycles. The van der Waals surface area contributed by atoms with Crippen molar-refractivity contribution in [3.8, 4) is 5.69 Å². The van der Waals surface area contributed by atoms with Gasteiger partial charge in [0.2, 0.25) is 5.95 Å². The summed E-state index contributed by atoms with van der Waals surface area (Å²) < 4.78 is 33.5. The van der Waals surface area contributed by atoms with Gasteiger partial charge in [-0.25, -0.2) is 13.8 Å². The van der Waals surface area contributed by atoms with Gasteiger partial charge >= 0.3 is 0 Å². The topological polar surface area (TPSA) is 39.1 Å². The van der Waals surface area contributed by atoms with Crippen LogP contribution in [0.5, 0.6) is 0 Å². The van der Waals surface area contributed by atoms with Crippen LogP contribution in [-0.4, -0.2) is 29.8 Å². The van der Waals surface area contributed by atoms with Gasteiger partial charge in [0.1, 0.15) is 0 Å². The molecular formula is C13H15F2N3O. The third kappa shape index (κ3) is 2.90.